The molecule has 0 saturated heterocycles. The molecule has 0 radical (unpaired) electrons. The highest BCUT2D eigenvalue weighted by atomic mass is 127. The quantitative estimate of drug-likeness (QED) is 0.393. The Morgan fingerprint density at radius 3 is 2.00 bits per heavy atom. The monoisotopic (exact) mass is 347 g/mol. The van der Waals surface area contributed by atoms with Crippen molar-refractivity contribution in [3.05, 3.63) is 29.6 Å². The average Bonchev–Trinajstić information content (AvgIpc) is 2.22. The highest BCUT2D eigenvalue weighted by Crippen LogP contribution is 2.05. The number of unbranched alkanes of at least 4 members (excludes halogenated alkanes) is 5. The Morgan fingerprint density at radius 1 is 0.882 bits per heavy atom. The van der Waals surface area contributed by atoms with Gasteiger partial charge < -0.3 is 24.0 Å². The van der Waals surface area contributed by atoms with Gasteiger partial charge >= 0.3 is 0 Å². The molecule has 1 nitrogen and oxygen atoms in total. The van der Waals surface area contributed by atoms with Crippen LogP contribution in [0.2, 0.25) is 0 Å². The molecule has 1 aromatic heterocycles. The van der Waals surface area contributed by atoms with Crippen molar-refractivity contribution in [2.24, 2.45) is 0 Å². The van der Waals surface area contributed by atoms with Crippen LogP contribution < -0.4 is 28.5 Å². The molecule has 2 heteroatoms. The molecule has 17 heavy (non-hydrogen) atoms. The van der Waals surface area contributed by atoms with E-state index in [-0.39, 0.29) is 24.0 Å². The SMILES string of the molecule is CCCCCCCC[n+]1cc(C)cc(C)c1.[I-]. The molecule has 1 rings (SSSR count). The van der Waals surface area contributed by atoms with E-state index >= 15 is 0 Å². The van der Waals surface area contributed by atoms with E-state index in [1.807, 2.05) is 0 Å². The van der Waals surface area contributed by atoms with Gasteiger partial charge in [-0.05, 0) is 26.3 Å². The third-order valence-corrected chi connectivity index (χ3v) is 2.96. The zero-order valence-corrected chi connectivity index (χ0v) is 13.7. The van der Waals surface area contributed by atoms with E-state index in [4.69, 9.17) is 0 Å². The van der Waals surface area contributed by atoms with Crippen LogP contribution in [0.25, 0.3) is 0 Å². The van der Waals surface area contributed by atoms with Gasteiger partial charge in [-0.15, -0.1) is 0 Å². The first-order chi connectivity index (χ1) is 7.72. The van der Waals surface area contributed by atoms with Gasteiger partial charge in [-0.2, -0.15) is 0 Å². The molecule has 0 aliphatic rings. The number of aryl methyl sites for hydroxylation is 3. The number of pyridine rings is 1. The molecule has 0 fully saturated rings. The summed E-state index contributed by atoms with van der Waals surface area (Å²) < 4.78 is 2.34. The van der Waals surface area contributed by atoms with Crippen LogP contribution in [0.1, 0.15) is 56.6 Å². The number of nitrogens with zero attached hydrogens (tertiary/aromatic N) is 1. The van der Waals surface area contributed by atoms with Crippen LogP contribution in [0.4, 0.5) is 0 Å². The van der Waals surface area contributed by atoms with E-state index < -0.39 is 0 Å². The van der Waals surface area contributed by atoms with Crippen LogP contribution in [0.3, 0.4) is 0 Å². The summed E-state index contributed by atoms with van der Waals surface area (Å²) in [5.41, 5.74) is 2.73. The lowest BCUT2D eigenvalue weighted by Crippen LogP contribution is -3.00. The summed E-state index contributed by atoms with van der Waals surface area (Å²) in [7, 11) is 0. The van der Waals surface area contributed by atoms with Crippen LogP contribution >= 0.6 is 0 Å². The lowest BCUT2D eigenvalue weighted by molar-refractivity contribution is -0.698. The molecule has 1 heterocycles. The van der Waals surface area contributed by atoms with Crippen molar-refractivity contribution in [2.75, 3.05) is 0 Å². The van der Waals surface area contributed by atoms with Gasteiger partial charge in [-0.25, -0.2) is 4.57 Å². The minimum atomic E-state index is 0. The van der Waals surface area contributed by atoms with Crippen molar-refractivity contribution in [3.8, 4) is 0 Å². The molecular formula is C15H26IN. The lowest BCUT2D eigenvalue weighted by atomic mass is 10.1. The Kier molecular flexibility index (Phi) is 9.79. The summed E-state index contributed by atoms with van der Waals surface area (Å²) >= 11 is 0. The van der Waals surface area contributed by atoms with E-state index in [0.29, 0.717) is 0 Å². The fraction of sp³-hybridized carbons (Fsp3) is 0.667. The van der Waals surface area contributed by atoms with E-state index in [1.54, 1.807) is 0 Å². The smallest absolute Gasteiger partial charge is 0.171 e. The maximum atomic E-state index is 2.34. The molecule has 0 spiro atoms. The van der Waals surface area contributed by atoms with Gasteiger partial charge in [0.25, 0.3) is 0 Å². The number of aromatic nitrogens is 1. The molecule has 0 aromatic carbocycles. The maximum absolute atomic E-state index is 2.34. The standard InChI is InChI=1S/C15H26N.HI/c1-4-5-6-7-8-9-10-16-12-14(2)11-15(3)13-16;/h11-13H,4-10H2,1-3H3;1H/q+1;/p-1. The van der Waals surface area contributed by atoms with Gasteiger partial charge in [-0.3, -0.25) is 0 Å². The molecule has 0 saturated carbocycles. The Hall–Kier alpha value is -0.120. The normalized spacial score (nSPS) is 10.1. The summed E-state index contributed by atoms with van der Waals surface area (Å²) in [6.45, 7) is 7.79. The first-order valence-corrected chi connectivity index (χ1v) is 6.69. The summed E-state index contributed by atoms with van der Waals surface area (Å²) in [6, 6.07) is 2.23. The third-order valence-electron chi connectivity index (χ3n) is 2.96. The van der Waals surface area contributed by atoms with Crippen molar-refractivity contribution in [1.29, 1.82) is 0 Å². The topological polar surface area (TPSA) is 3.88 Å². The number of rotatable bonds is 7. The Bertz CT molecular complexity index is 290. The van der Waals surface area contributed by atoms with Crippen molar-refractivity contribution in [2.45, 2.75) is 65.8 Å². The summed E-state index contributed by atoms with van der Waals surface area (Å²) in [4.78, 5) is 0. The van der Waals surface area contributed by atoms with Crippen molar-refractivity contribution < 1.29 is 28.5 Å². The summed E-state index contributed by atoms with van der Waals surface area (Å²) in [6.07, 6.45) is 12.7. The second-order valence-corrected chi connectivity index (χ2v) is 4.90. The van der Waals surface area contributed by atoms with Gasteiger partial charge in [0, 0.05) is 17.5 Å². The van der Waals surface area contributed by atoms with Crippen LogP contribution in [-0.4, -0.2) is 0 Å². The Morgan fingerprint density at radius 2 is 1.41 bits per heavy atom. The number of hydrogen-bond donors (Lipinski definition) is 0. The maximum Gasteiger partial charge on any atom is 0.171 e. The molecule has 0 unspecified atom stereocenters. The second kappa shape index (κ2) is 9.86. The molecule has 0 N–H and O–H groups in total. The van der Waals surface area contributed by atoms with Crippen LogP contribution in [-0.2, 0) is 6.54 Å². The Labute approximate surface area is 124 Å². The highest BCUT2D eigenvalue weighted by Gasteiger charge is 2.02. The fourth-order valence-electron chi connectivity index (χ4n) is 2.20. The molecule has 0 aliphatic carbocycles. The zero-order valence-electron chi connectivity index (χ0n) is 11.5. The summed E-state index contributed by atoms with van der Waals surface area (Å²) in [5.74, 6) is 0. The predicted molar refractivity (Wildman–Crippen MR) is 69.5 cm³/mol. The Balaban J connectivity index is 0.00000256. The minimum absolute atomic E-state index is 0. The van der Waals surface area contributed by atoms with Crippen LogP contribution in [0, 0.1) is 13.8 Å². The van der Waals surface area contributed by atoms with E-state index in [2.05, 4.69) is 43.8 Å². The lowest BCUT2D eigenvalue weighted by Gasteiger charge is -2.00. The first-order valence-electron chi connectivity index (χ1n) is 6.69. The van der Waals surface area contributed by atoms with Crippen molar-refractivity contribution in [1.82, 2.24) is 0 Å². The fourth-order valence-corrected chi connectivity index (χ4v) is 2.20. The molecule has 0 amide bonds. The largest absolute Gasteiger partial charge is 1.00 e. The minimum Gasteiger partial charge on any atom is -1.00 e. The van der Waals surface area contributed by atoms with Gasteiger partial charge in [-0.1, -0.05) is 32.6 Å². The molecular weight excluding hydrogens is 321 g/mol. The molecule has 98 valence electrons. The second-order valence-electron chi connectivity index (χ2n) is 4.90. The summed E-state index contributed by atoms with van der Waals surface area (Å²) in [5, 5.41) is 0. The van der Waals surface area contributed by atoms with Gasteiger partial charge in [0.2, 0.25) is 0 Å². The van der Waals surface area contributed by atoms with Gasteiger partial charge in [0.15, 0.2) is 12.4 Å². The predicted octanol–water partition coefficient (Wildman–Crippen LogP) is 0.955. The zero-order chi connectivity index (χ0) is 11.8. The molecule has 0 aliphatic heterocycles. The van der Waals surface area contributed by atoms with E-state index in [0.717, 1.165) is 0 Å². The average molecular weight is 347 g/mol. The molecule has 0 bridgehead atoms. The van der Waals surface area contributed by atoms with Crippen molar-refractivity contribution >= 4 is 0 Å². The van der Waals surface area contributed by atoms with Crippen molar-refractivity contribution in [3.63, 3.8) is 0 Å². The highest BCUT2D eigenvalue weighted by molar-refractivity contribution is 5.11. The molecule has 0 atom stereocenters. The van der Waals surface area contributed by atoms with E-state index in [9.17, 15) is 0 Å². The van der Waals surface area contributed by atoms with Crippen LogP contribution in [0.15, 0.2) is 18.5 Å². The van der Waals surface area contributed by atoms with Gasteiger partial charge in [0.05, 0.1) is 0 Å². The third kappa shape index (κ3) is 7.74. The number of halogens is 1. The van der Waals surface area contributed by atoms with Crippen LogP contribution in [0.5, 0.6) is 0 Å². The molecule has 1 aromatic rings. The van der Waals surface area contributed by atoms with Gasteiger partial charge in [0.1, 0.15) is 6.54 Å². The first kappa shape index (κ1) is 16.9. The van der Waals surface area contributed by atoms with E-state index in [1.165, 1.54) is 56.2 Å². The number of hydrogen-bond acceptors (Lipinski definition) is 0.